The maximum atomic E-state index is 12.5. The Morgan fingerprint density at radius 2 is 1.76 bits per heavy atom. The molecule has 7 heteroatoms. The summed E-state index contributed by atoms with van der Waals surface area (Å²) in [4.78, 5) is 24.3. The van der Waals surface area contributed by atoms with Crippen molar-refractivity contribution in [1.29, 1.82) is 0 Å². The molecule has 0 radical (unpaired) electrons. The van der Waals surface area contributed by atoms with E-state index in [1.54, 1.807) is 30.5 Å². The summed E-state index contributed by atoms with van der Waals surface area (Å²) in [6.45, 7) is 1.09. The molecule has 1 aliphatic carbocycles. The maximum absolute atomic E-state index is 12.5. The molecule has 1 aromatic heterocycles. The van der Waals surface area contributed by atoms with Crippen molar-refractivity contribution < 1.29 is 9.59 Å². The normalized spacial score (nSPS) is 13.0. The summed E-state index contributed by atoms with van der Waals surface area (Å²) in [6.07, 6.45) is 5.74. The predicted molar refractivity (Wildman–Crippen MR) is 111 cm³/mol. The van der Waals surface area contributed by atoms with Crippen molar-refractivity contribution in [1.82, 2.24) is 20.4 Å². The van der Waals surface area contributed by atoms with Gasteiger partial charge in [0.25, 0.3) is 5.91 Å². The second-order valence-corrected chi connectivity index (χ2v) is 7.11. The van der Waals surface area contributed by atoms with E-state index >= 15 is 0 Å². The Hall–Kier alpha value is -3.61. The molecule has 0 spiro atoms. The number of carbonyl (C=O) groups excluding carboxylic acids is 2. The summed E-state index contributed by atoms with van der Waals surface area (Å²) < 4.78 is 1.85. The number of hydrogen-bond donors (Lipinski definition) is 3. The molecule has 2 aromatic carbocycles. The smallest absolute Gasteiger partial charge is 0.319 e. The van der Waals surface area contributed by atoms with E-state index < -0.39 is 0 Å². The molecule has 7 nitrogen and oxygen atoms in total. The van der Waals surface area contributed by atoms with Gasteiger partial charge in [-0.05, 0) is 54.3 Å². The predicted octanol–water partition coefficient (Wildman–Crippen LogP) is 3.15. The highest BCUT2D eigenvalue weighted by atomic mass is 16.2. The van der Waals surface area contributed by atoms with Crippen LogP contribution in [0.1, 0.15) is 34.3 Å². The fraction of sp³-hybridized carbons (Fsp3) is 0.227. The molecule has 0 aliphatic heterocycles. The molecule has 1 fully saturated rings. The molecule has 1 heterocycles. The number of nitrogens with zero attached hydrogens (tertiary/aromatic N) is 2. The highest BCUT2D eigenvalue weighted by molar-refractivity contribution is 5.95. The zero-order chi connectivity index (χ0) is 20.1. The summed E-state index contributed by atoms with van der Waals surface area (Å²) in [5, 5.41) is 12.8. The van der Waals surface area contributed by atoms with Crippen molar-refractivity contribution in [2.75, 3.05) is 5.32 Å². The largest absolute Gasteiger partial charge is 0.348 e. The molecule has 3 amide bonds. The van der Waals surface area contributed by atoms with E-state index in [1.165, 1.54) is 0 Å². The molecule has 4 rings (SSSR count). The number of anilines is 1. The van der Waals surface area contributed by atoms with Crippen LogP contribution in [0.5, 0.6) is 0 Å². The fourth-order valence-electron chi connectivity index (χ4n) is 3.02. The molecule has 29 heavy (non-hydrogen) atoms. The van der Waals surface area contributed by atoms with Gasteiger partial charge in [-0.15, -0.1) is 0 Å². The number of carbonyl (C=O) groups is 2. The minimum absolute atomic E-state index is 0.159. The van der Waals surface area contributed by atoms with Gasteiger partial charge < -0.3 is 16.0 Å². The number of hydrogen-bond acceptors (Lipinski definition) is 3. The molecule has 0 bridgehead atoms. The Labute approximate surface area is 169 Å². The molecule has 148 valence electrons. The summed E-state index contributed by atoms with van der Waals surface area (Å²) in [6, 6.07) is 16.8. The number of rotatable bonds is 7. The Bertz CT molecular complexity index is 979. The van der Waals surface area contributed by atoms with Gasteiger partial charge in [0.05, 0.1) is 6.54 Å². The van der Waals surface area contributed by atoms with Crippen LogP contribution in [0, 0.1) is 0 Å². The molecule has 0 atom stereocenters. The van der Waals surface area contributed by atoms with Crippen LogP contribution in [0.4, 0.5) is 10.5 Å². The van der Waals surface area contributed by atoms with Gasteiger partial charge in [-0.2, -0.15) is 5.10 Å². The Balaban J connectivity index is 1.33. The van der Waals surface area contributed by atoms with Gasteiger partial charge in [0.15, 0.2) is 0 Å². The topological polar surface area (TPSA) is 88.1 Å². The van der Waals surface area contributed by atoms with Crippen LogP contribution in [0.25, 0.3) is 0 Å². The minimum atomic E-state index is -0.210. The molecular weight excluding hydrogens is 366 g/mol. The van der Waals surface area contributed by atoms with Crippen LogP contribution in [0.2, 0.25) is 0 Å². The van der Waals surface area contributed by atoms with Gasteiger partial charge >= 0.3 is 6.03 Å². The van der Waals surface area contributed by atoms with Crippen molar-refractivity contribution >= 4 is 17.6 Å². The van der Waals surface area contributed by atoms with Gasteiger partial charge in [-0.1, -0.05) is 24.3 Å². The molecule has 0 saturated heterocycles. The minimum Gasteiger partial charge on any atom is -0.348 e. The van der Waals surface area contributed by atoms with Crippen LogP contribution in [0.15, 0.2) is 67.0 Å². The lowest BCUT2D eigenvalue weighted by atomic mass is 10.1. The Morgan fingerprint density at radius 3 is 2.45 bits per heavy atom. The van der Waals surface area contributed by atoms with Crippen LogP contribution in [-0.4, -0.2) is 27.8 Å². The number of benzene rings is 2. The highest BCUT2D eigenvalue weighted by Crippen LogP contribution is 2.19. The van der Waals surface area contributed by atoms with E-state index in [-0.39, 0.29) is 11.9 Å². The lowest BCUT2D eigenvalue weighted by Gasteiger charge is -2.11. The van der Waals surface area contributed by atoms with Crippen molar-refractivity contribution in [3.63, 3.8) is 0 Å². The first-order chi connectivity index (χ1) is 14.2. The first-order valence-corrected chi connectivity index (χ1v) is 9.67. The molecular formula is C22H23N5O2. The van der Waals surface area contributed by atoms with E-state index in [2.05, 4.69) is 21.0 Å². The summed E-state index contributed by atoms with van der Waals surface area (Å²) in [7, 11) is 0. The Morgan fingerprint density at radius 1 is 1.00 bits per heavy atom. The average Bonchev–Trinajstić information content (AvgIpc) is 3.39. The van der Waals surface area contributed by atoms with E-state index in [9.17, 15) is 9.59 Å². The molecule has 3 aromatic rings. The third-order valence-corrected chi connectivity index (χ3v) is 4.77. The number of aromatic nitrogens is 2. The summed E-state index contributed by atoms with van der Waals surface area (Å²) in [5.41, 5.74) is 3.36. The lowest BCUT2D eigenvalue weighted by Crippen LogP contribution is -2.30. The number of nitrogens with one attached hydrogen (secondary N) is 3. The van der Waals surface area contributed by atoms with Crippen molar-refractivity contribution in [2.45, 2.75) is 32.0 Å². The maximum Gasteiger partial charge on any atom is 0.319 e. The second kappa shape index (κ2) is 8.60. The third kappa shape index (κ3) is 5.22. The van der Waals surface area contributed by atoms with Crippen LogP contribution < -0.4 is 16.0 Å². The molecule has 0 unspecified atom stereocenters. The van der Waals surface area contributed by atoms with Gasteiger partial charge in [0.1, 0.15) is 0 Å². The summed E-state index contributed by atoms with van der Waals surface area (Å²) in [5.74, 6) is -0.159. The van der Waals surface area contributed by atoms with Crippen molar-refractivity contribution in [3.05, 3.63) is 83.7 Å². The third-order valence-electron chi connectivity index (χ3n) is 4.77. The average molecular weight is 389 g/mol. The van der Waals surface area contributed by atoms with Gasteiger partial charge in [0.2, 0.25) is 0 Å². The van der Waals surface area contributed by atoms with Gasteiger partial charge in [0, 0.05) is 36.2 Å². The monoisotopic (exact) mass is 389 g/mol. The first-order valence-electron chi connectivity index (χ1n) is 9.67. The van der Waals surface area contributed by atoms with E-state index in [4.69, 9.17) is 0 Å². The van der Waals surface area contributed by atoms with E-state index in [0.29, 0.717) is 30.4 Å². The van der Waals surface area contributed by atoms with E-state index in [1.807, 2.05) is 41.2 Å². The number of amides is 3. The first kappa shape index (κ1) is 18.7. The number of urea groups is 1. The van der Waals surface area contributed by atoms with Crippen LogP contribution in [-0.2, 0) is 13.1 Å². The van der Waals surface area contributed by atoms with Crippen LogP contribution in [0.3, 0.4) is 0 Å². The quantitative estimate of drug-likeness (QED) is 0.580. The second-order valence-electron chi connectivity index (χ2n) is 7.11. The highest BCUT2D eigenvalue weighted by Gasteiger charge is 2.23. The Kier molecular flexibility index (Phi) is 5.56. The van der Waals surface area contributed by atoms with Gasteiger partial charge in [-0.3, -0.25) is 9.48 Å². The lowest BCUT2D eigenvalue weighted by molar-refractivity contribution is 0.0951. The zero-order valence-electron chi connectivity index (χ0n) is 16.0. The molecule has 1 aliphatic rings. The molecule has 3 N–H and O–H groups in total. The van der Waals surface area contributed by atoms with Crippen molar-refractivity contribution in [2.24, 2.45) is 0 Å². The zero-order valence-corrected chi connectivity index (χ0v) is 16.0. The fourth-order valence-corrected chi connectivity index (χ4v) is 3.02. The van der Waals surface area contributed by atoms with E-state index in [0.717, 1.165) is 24.0 Å². The van der Waals surface area contributed by atoms with Gasteiger partial charge in [-0.25, -0.2) is 4.79 Å². The molecule has 1 saturated carbocycles. The van der Waals surface area contributed by atoms with Crippen LogP contribution >= 0.6 is 0 Å². The standard InChI is InChI=1S/C22H23N5O2/c28-21(16-6-8-19(9-7-16)25-22(29)26-20-10-11-20)23-14-17-4-1-2-5-18(17)15-27-13-3-12-24-27/h1-9,12-13,20H,10-11,14-15H2,(H,23,28)(H2,25,26,29). The van der Waals surface area contributed by atoms with Crippen molar-refractivity contribution in [3.8, 4) is 0 Å². The summed E-state index contributed by atoms with van der Waals surface area (Å²) >= 11 is 0. The SMILES string of the molecule is O=C(Nc1ccc(C(=O)NCc2ccccc2Cn2cccn2)cc1)NC1CC1.